The molecule has 0 saturated carbocycles. The molecule has 0 spiro atoms. The standard InChI is InChI=1S/C23H21N5OS/c1-17(19-11-13-24-14-12-19)26-27-22(29)16-30-23-25-20-9-5-6-10-21(20)28(23)15-18-7-3-2-4-8-18/h2-14,26H,1,15-16H2,(H,27,29). The second-order valence-corrected chi connectivity index (χ2v) is 7.57. The van der Waals surface area contributed by atoms with Crippen LogP contribution in [0.4, 0.5) is 0 Å². The van der Waals surface area contributed by atoms with E-state index < -0.39 is 0 Å². The number of nitrogens with zero attached hydrogens (tertiary/aromatic N) is 3. The summed E-state index contributed by atoms with van der Waals surface area (Å²) in [5.41, 5.74) is 10.2. The minimum Gasteiger partial charge on any atom is -0.314 e. The Morgan fingerprint density at radius 2 is 1.70 bits per heavy atom. The zero-order chi connectivity index (χ0) is 20.8. The van der Waals surface area contributed by atoms with E-state index in [4.69, 9.17) is 4.98 Å². The highest BCUT2D eigenvalue weighted by molar-refractivity contribution is 7.99. The van der Waals surface area contributed by atoms with Gasteiger partial charge in [-0.2, -0.15) is 0 Å². The molecule has 1 amide bonds. The summed E-state index contributed by atoms with van der Waals surface area (Å²) < 4.78 is 2.14. The Morgan fingerprint density at radius 3 is 2.50 bits per heavy atom. The SMILES string of the molecule is C=C(NNC(=O)CSc1nc2ccccc2n1Cc1ccccc1)c1ccncc1. The average Bonchev–Trinajstić information content (AvgIpc) is 3.14. The number of carbonyl (C=O) groups excluding carboxylic acids is 1. The molecule has 0 radical (unpaired) electrons. The lowest BCUT2D eigenvalue weighted by Gasteiger charge is -2.12. The van der Waals surface area contributed by atoms with Crippen molar-refractivity contribution < 1.29 is 4.79 Å². The topological polar surface area (TPSA) is 71.8 Å². The van der Waals surface area contributed by atoms with Gasteiger partial charge in [0.25, 0.3) is 0 Å². The maximum absolute atomic E-state index is 12.4. The number of para-hydroxylation sites is 2. The summed E-state index contributed by atoms with van der Waals surface area (Å²) in [6, 6.07) is 21.9. The summed E-state index contributed by atoms with van der Waals surface area (Å²) >= 11 is 1.41. The summed E-state index contributed by atoms with van der Waals surface area (Å²) in [6.07, 6.45) is 3.36. The van der Waals surface area contributed by atoms with Crippen molar-refractivity contribution >= 4 is 34.4 Å². The molecule has 0 saturated heterocycles. The molecule has 2 N–H and O–H groups in total. The van der Waals surface area contributed by atoms with Crippen molar-refractivity contribution in [1.82, 2.24) is 25.4 Å². The largest absolute Gasteiger partial charge is 0.314 e. The van der Waals surface area contributed by atoms with E-state index in [1.807, 2.05) is 48.5 Å². The normalized spacial score (nSPS) is 10.7. The van der Waals surface area contributed by atoms with E-state index in [2.05, 4.69) is 45.2 Å². The van der Waals surface area contributed by atoms with Crippen molar-refractivity contribution in [1.29, 1.82) is 0 Å². The fraction of sp³-hybridized carbons (Fsp3) is 0.0870. The van der Waals surface area contributed by atoms with E-state index in [1.165, 1.54) is 17.3 Å². The van der Waals surface area contributed by atoms with Crippen LogP contribution < -0.4 is 10.9 Å². The number of carbonyl (C=O) groups is 1. The first kappa shape index (κ1) is 19.7. The molecule has 2 aromatic heterocycles. The van der Waals surface area contributed by atoms with E-state index in [-0.39, 0.29) is 11.7 Å². The molecule has 6 nitrogen and oxygen atoms in total. The molecule has 2 aromatic carbocycles. The Kier molecular flexibility index (Phi) is 6.10. The Labute approximate surface area is 179 Å². The molecule has 0 unspecified atom stereocenters. The van der Waals surface area contributed by atoms with Crippen LogP contribution in [-0.4, -0.2) is 26.2 Å². The molecule has 4 rings (SSSR count). The van der Waals surface area contributed by atoms with Gasteiger partial charge in [0.1, 0.15) is 0 Å². The smallest absolute Gasteiger partial charge is 0.248 e. The van der Waals surface area contributed by atoms with Crippen molar-refractivity contribution in [2.75, 3.05) is 5.75 Å². The van der Waals surface area contributed by atoms with Gasteiger partial charge in [0.2, 0.25) is 5.91 Å². The third kappa shape index (κ3) is 4.69. The molecular formula is C23H21N5OS. The first-order valence-electron chi connectivity index (χ1n) is 9.47. The van der Waals surface area contributed by atoms with Gasteiger partial charge < -0.3 is 4.57 Å². The van der Waals surface area contributed by atoms with Gasteiger partial charge in [-0.25, -0.2) is 4.98 Å². The van der Waals surface area contributed by atoms with E-state index in [9.17, 15) is 4.79 Å². The zero-order valence-corrected chi connectivity index (χ0v) is 17.1. The molecule has 0 aliphatic carbocycles. The van der Waals surface area contributed by atoms with Crippen molar-refractivity contribution in [2.24, 2.45) is 0 Å². The van der Waals surface area contributed by atoms with Crippen molar-refractivity contribution in [3.05, 3.63) is 96.8 Å². The molecule has 2 heterocycles. The highest BCUT2D eigenvalue weighted by Gasteiger charge is 2.13. The molecule has 0 aliphatic rings. The maximum Gasteiger partial charge on any atom is 0.248 e. The zero-order valence-electron chi connectivity index (χ0n) is 16.3. The number of hydrogen-bond donors (Lipinski definition) is 2. The number of thioether (sulfide) groups is 1. The summed E-state index contributed by atoms with van der Waals surface area (Å²) in [7, 11) is 0. The van der Waals surface area contributed by atoms with Crippen LogP contribution in [0.2, 0.25) is 0 Å². The fourth-order valence-electron chi connectivity index (χ4n) is 3.02. The van der Waals surface area contributed by atoms with Gasteiger partial charge in [0.05, 0.1) is 29.0 Å². The highest BCUT2D eigenvalue weighted by Crippen LogP contribution is 2.25. The lowest BCUT2D eigenvalue weighted by Crippen LogP contribution is -2.37. The van der Waals surface area contributed by atoms with Gasteiger partial charge in [-0.1, -0.05) is 60.8 Å². The minimum atomic E-state index is -0.159. The fourth-order valence-corrected chi connectivity index (χ4v) is 3.83. The summed E-state index contributed by atoms with van der Waals surface area (Å²) in [5.74, 6) is 0.0721. The summed E-state index contributed by atoms with van der Waals surface area (Å²) in [5, 5.41) is 0.808. The maximum atomic E-state index is 12.4. The highest BCUT2D eigenvalue weighted by atomic mass is 32.2. The molecule has 0 aliphatic heterocycles. The molecular weight excluding hydrogens is 394 g/mol. The first-order valence-corrected chi connectivity index (χ1v) is 10.5. The number of imidazole rings is 1. The van der Waals surface area contributed by atoms with Gasteiger partial charge in [-0.15, -0.1) is 0 Å². The van der Waals surface area contributed by atoms with Gasteiger partial charge in [-0.3, -0.25) is 20.6 Å². The van der Waals surface area contributed by atoms with Gasteiger partial charge in [0, 0.05) is 18.0 Å². The summed E-state index contributed by atoms with van der Waals surface area (Å²) in [4.78, 5) is 21.0. The van der Waals surface area contributed by atoms with Crippen molar-refractivity contribution in [3.63, 3.8) is 0 Å². The molecule has 0 bridgehead atoms. The molecule has 7 heteroatoms. The minimum absolute atomic E-state index is 0.159. The molecule has 150 valence electrons. The second kappa shape index (κ2) is 9.28. The number of amides is 1. The predicted octanol–water partition coefficient (Wildman–Crippen LogP) is 3.86. The van der Waals surface area contributed by atoms with Crippen molar-refractivity contribution in [3.8, 4) is 0 Å². The number of pyridine rings is 1. The third-order valence-corrected chi connectivity index (χ3v) is 5.49. The van der Waals surface area contributed by atoms with Gasteiger partial charge in [-0.05, 0) is 29.8 Å². The number of hydrogen-bond acceptors (Lipinski definition) is 5. The van der Waals surface area contributed by atoms with E-state index in [0.29, 0.717) is 12.2 Å². The number of nitrogens with one attached hydrogen (secondary N) is 2. The number of rotatable bonds is 8. The predicted molar refractivity (Wildman–Crippen MR) is 121 cm³/mol. The molecule has 30 heavy (non-hydrogen) atoms. The molecule has 0 fully saturated rings. The lowest BCUT2D eigenvalue weighted by atomic mass is 10.2. The lowest BCUT2D eigenvalue weighted by molar-refractivity contribution is -0.119. The Hall–Kier alpha value is -3.58. The number of fused-ring (bicyclic) bond motifs is 1. The van der Waals surface area contributed by atoms with Crippen LogP contribution in [-0.2, 0) is 11.3 Å². The summed E-state index contributed by atoms with van der Waals surface area (Å²) in [6.45, 7) is 4.62. The van der Waals surface area contributed by atoms with Crippen LogP contribution in [0, 0.1) is 0 Å². The van der Waals surface area contributed by atoms with Crippen LogP contribution in [0.15, 0.2) is 90.9 Å². The average molecular weight is 416 g/mol. The van der Waals surface area contributed by atoms with E-state index >= 15 is 0 Å². The quantitative estimate of drug-likeness (QED) is 0.338. The van der Waals surface area contributed by atoms with Crippen molar-refractivity contribution in [2.45, 2.75) is 11.7 Å². The van der Waals surface area contributed by atoms with Crippen LogP contribution in [0.3, 0.4) is 0 Å². The Morgan fingerprint density at radius 1 is 0.967 bits per heavy atom. The monoisotopic (exact) mass is 415 g/mol. The Bertz CT molecular complexity index is 1160. The molecule has 4 aromatic rings. The van der Waals surface area contributed by atoms with Gasteiger partial charge in [0.15, 0.2) is 5.16 Å². The van der Waals surface area contributed by atoms with Crippen LogP contribution in [0.5, 0.6) is 0 Å². The van der Waals surface area contributed by atoms with Crippen LogP contribution >= 0.6 is 11.8 Å². The van der Waals surface area contributed by atoms with Crippen LogP contribution in [0.1, 0.15) is 11.1 Å². The third-order valence-electron chi connectivity index (χ3n) is 4.52. The molecule has 0 atom stereocenters. The van der Waals surface area contributed by atoms with E-state index in [1.54, 1.807) is 12.4 Å². The number of benzene rings is 2. The number of hydrazine groups is 1. The van der Waals surface area contributed by atoms with Crippen LogP contribution in [0.25, 0.3) is 16.7 Å². The Balaban J connectivity index is 1.42. The number of aromatic nitrogens is 3. The van der Waals surface area contributed by atoms with E-state index in [0.717, 1.165) is 21.8 Å². The first-order chi connectivity index (χ1) is 14.7. The van der Waals surface area contributed by atoms with Gasteiger partial charge >= 0.3 is 0 Å². The second-order valence-electron chi connectivity index (χ2n) is 6.63.